The molecule has 0 aliphatic rings. The standard InChI is InChI=1S/C13H11N3O4/c17-11-4-2-9(7-15-11)12(18)16-6-8-1-3-10(13(19)20)14-5-8/h1-5,7H,6H2,(H,15,17)(H,16,18)(H,19,20). The molecule has 0 aliphatic heterocycles. The van der Waals surface area contributed by atoms with E-state index in [9.17, 15) is 14.4 Å². The molecule has 7 nitrogen and oxygen atoms in total. The molecule has 0 aliphatic carbocycles. The number of rotatable bonds is 4. The van der Waals surface area contributed by atoms with Gasteiger partial charge < -0.3 is 15.4 Å². The van der Waals surface area contributed by atoms with Crippen molar-refractivity contribution in [2.45, 2.75) is 6.54 Å². The lowest BCUT2D eigenvalue weighted by atomic mass is 10.2. The second kappa shape index (κ2) is 5.79. The molecule has 0 saturated heterocycles. The molecule has 0 saturated carbocycles. The first kappa shape index (κ1) is 13.5. The summed E-state index contributed by atoms with van der Waals surface area (Å²) in [4.78, 5) is 39.4. The Hall–Kier alpha value is -2.96. The summed E-state index contributed by atoms with van der Waals surface area (Å²) in [6.07, 6.45) is 2.71. The van der Waals surface area contributed by atoms with Crippen molar-refractivity contribution in [3.63, 3.8) is 0 Å². The third-order valence-corrected chi connectivity index (χ3v) is 2.54. The maximum absolute atomic E-state index is 11.8. The van der Waals surface area contributed by atoms with Gasteiger partial charge in [0.05, 0.1) is 5.56 Å². The molecule has 102 valence electrons. The summed E-state index contributed by atoms with van der Waals surface area (Å²) in [6, 6.07) is 5.62. The van der Waals surface area contributed by atoms with Gasteiger partial charge in [0, 0.05) is 25.0 Å². The Morgan fingerprint density at radius 1 is 1.25 bits per heavy atom. The number of aromatic carboxylic acids is 1. The zero-order valence-electron chi connectivity index (χ0n) is 10.3. The molecule has 20 heavy (non-hydrogen) atoms. The van der Waals surface area contributed by atoms with Gasteiger partial charge in [-0.1, -0.05) is 6.07 Å². The van der Waals surface area contributed by atoms with E-state index in [2.05, 4.69) is 15.3 Å². The minimum absolute atomic E-state index is 0.0549. The molecule has 1 amide bonds. The number of nitrogens with one attached hydrogen (secondary N) is 2. The van der Waals surface area contributed by atoms with E-state index in [1.807, 2.05) is 0 Å². The van der Waals surface area contributed by atoms with Crippen LogP contribution in [0.4, 0.5) is 0 Å². The van der Waals surface area contributed by atoms with E-state index in [0.29, 0.717) is 11.1 Å². The highest BCUT2D eigenvalue weighted by atomic mass is 16.4. The number of pyridine rings is 2. The zero-order valence-corrected chi connectivity index (χ0v) is 10.3. The topological polar surface area (TPSA) is 112 Å². The zero-order chi connectivity index (χ0) is 14.5. The fraction of sp³-hybridized carbons (Fsp3) is 0.0769. The number of carboxylic acids is 1. The Bertz CT molecular complexity index is 671. The molecule has 0 atom stereocenters. The highest BCUT2D eigenvalue weighted by Crippen LogP contribution is 2.01. The quantitative estimate of drug-likeness (QED) is 0.746. The number of carbonyl (C=O) groups excluding carboxylic acids is 1. The molecule has 7 heteroatoms. The first-order chi connectivity index (χ1) is 9.56. The van der Waals surface area contributed by atoms with Crippen molar-refractivity contribution < 1.29 is 14.7 Å². The highest BCUT2D eigenvalue weighted by Gasteiger charge is 2.06. The molecule has 0 radical (unpaired) electrons. The van der Waals surface area contributed by atoms with Crippen molar-refractivity contribution in [1.82, 2.24) is 15.3 Å². The summed E-state index contributed by atoms with van der Waals surface area (Å²) in [5, 5.41) is 11.3. The van der Waals surface area contributed by atoms with E-state index in [1.54, 1.807) is 6.07 Å². The number of hydrogen-bond acceptors (Lipinski definition) is 4. The van der Waals surface area contributed by atoms with Crippen LogP contribution in [-0.2, 0) is 6.54 Å². The molecule has 0 bridgehead atoms. The molecular formula is C13H11N3O4. The lowest BCUT2D eigenvalue weighted by molar-refractivity contribution is 0.0690. The van der Waals surface area contributed by atoms with Crippen LogP contribution in [0.3, 0.4) is 0 Å². The molecule has 3 N–H and O–H groups in total. The summed E-state index contributed by atoms with van der Waals surface area (Å²) in [6.45, 7) is 0.213. The Morgan fingerprint density at radius 2 is 2.05 bits per heavy atom. The van der Waals surface area contributed by atoms with E-state index in [0.717, 1.165) is 0 Å². The predicted octanol–water partition coefficient (Wildman–Crippen LogP) is 0.398. The predicted molar refractivity (Wildman–Crippen MR) is 69.4 cm³/mol. The average Bonchev–Trinajstić information content (AvgIpc) is 2.46. The molecule has 0 aromatic carbocycles. The van der Waals surface area contributed by atoms with Gasteiger partial charge in [-0.3, -0.25) is 9.59 Å². The van der Waals surface area contributed by atoms with Gasteiger partial charge in [-0.05, 0) is 17.7 Å². The van der Waals surface area contributed by atoms with Crippen LogP contribution in [0.1, 0.15) is 26.4 Å². The Labute approximate surface area is 113 Å². The lowest BCUT2D eigenvalue weighted by Gasteiger charge is -2.05. The van der Waals surface area contributed by atoms with Gasteiger partial charge in [-0.25, -0.2) is 9.78 Å². The molecule has 0 unspecified atom stereocenters. The molecule has 0 spiro atoms. The Kier molecular flexibility index (Phi) is 3.90. The van der Waals surface area contributed by atoms with E-state index < -0.39 is 5.97 Å². The van der Waals surface area contributed by atoms with E-state index in [1.165, 1.54) is 30.6 Å². The fourth-order valence-corrected chi connectivity index (χ4v) is 1.49. The summed E-state index contributed by atoms with van der Waals surface area (Å²) >= 11 is 0. The van der Waals surface area contributed by atoms with Crippen molar-refractivity contribution >= 4 is 11.9 Å². The number of amides is 1. The lowest BCUT2D eigenvalue weighted by Crippen LogP contribution is -2.23. The normalized spacial score (nSPS) is 10.0. The number of H-pyrrole nitrogens is 1. The summed E-state index contributed by atoms with van der Waals surface area (Å²) in [5.74, 6) is -1.45. The van der Waals surface area contributed by atoms with Crippen LogP contribution in [0.5, 0.6) is 0 Å². The largest absolute Gasteiger partial charge is 0.477 e. The number of hydrogen-bond donors (Lipinski definition) is 3. The van der Waals surface area contributed by atoms with Gasteiger partial charge in [0.15, 0.2) is 0 Å². The van der Waals surface area contributed by atoms with Gasteiger partial charge in [0.25, 0.3) is 5.91 Å². The van der Waals surface area contributed by atoms with E-state index in [-0.39, 0.29) is 23.7 Å². The number of carbonyl (C=O) groups is 2. The van der Waals surface area contributed by atoms with Crippen LogP contribution >= 0.6 is 0 Å². The van der Waals surface area contributed by atoms with Crippen molar-refractivity contribution in [2.24, 2.45) is 0 Å². The highest BCUT2D eigenvalue weighted by molar-refractivity contribution is 5.93. The van der Waals surface area contributed by atoms with Crippen molar-refractivity contribution in [3.8, 4) is 0 Å². The van der Waals surface area contributed by atoms with Gasteiger partial charge in [0.1, 0.15) is 5.69 Å². The van der Waals surface area contributed by atoms with Gasteiger partial charge in [-0.15, -0.1) is 0 Å². The third kappa shape index (κ3) is 3.29. The number of nitrogens with zero attached hydrogens (tertiary/aromatic N) is 1. The van der Waals surface area contributed by atoms with Crippen molar-refractivity contribution in [2.75, 3.05) is 0 Å². The molecule has 0 fully saturated rings. The number of aromatic amines is 1. The molecule has 2 heterocycles. The van der Waals surface area contributed by atoms with Crippen LogP contribution in [0.15, 0.2) is 41.5 Å². The third-order valence-electron chi connectivity index (χ3n) is 2.54. The smallest absolute Gasteiger partial charge is 0.354 e. The number of aromatic nitrogens is 2. The number of carboxylic acid groups (broad SMARTS) is 1. The second-order valence-electron chi connectivity index (χ2n) is 3.98. The van der Waals surface area contributed by atoms with Crippen LogP contribution in [0.2, 0.25) is 0 Å². The van der Waals surface area contributed by atoms with Gasteiger partial charge in [-0.2, -0.15) is 0 Å². The van der Waals surface area contributed by atoms with Crippen molar-refractivity contribution in [3.05, 3.63) is 63.8 Å². The molecule has 2 rings (SSSR count). The summed E-state index contributed by atoms with van der Waals surface area (Å²) in [7, 11) is 0. The Morgan fingerprint density at radius 3 is 2.60 bits per heavy atom. The van der Waals surface area contributed by atoms with Gasteiger partial charge in [0.2, 0.25) is 5.56 Å². The maximum atomic E-state index is 11.8. The minimum Gasteiger partial charge on any atom is -0.477 e. The van der Waals surface area contributed by atoms with Crippen molar-refractivity contribution in [1.29, 1.82) is 0 Å². The second-order valence-corrected chi connectivity index (χ2v) is 3.98. The van der Waals surface area contributed by atoms with E-state index in [4.69, 9.17) is 5.11 Å². The van der Waals surface area contributed by atoms with Crippen LogP contribution in [0, 0.1) is 0 Å². The van der Waals surface area contributed by atoms with Crippen LogP contribution in [0.25, 0.3) is 0 Å². The summed E-state index contributed by atoms with van der Waals surface area (Å²) in [5.41, 5.74) is 0.670. The molecular weight excluding hydrogens is 262 g/mol. The SMILES string of the molecule is O=C(NCc1ccc(C(=O)O)nc1)c1ccc(=O)[nH]c1. The first-order valence-corrected chi connectivity index (χ1v) is 5.71. The minimum atomic E-state index is -1.10. The summed E-state index contributed by atoms with van der Waals surface area (Å²) < 4.78 is 0. The fourth-order valence-electron chi connectivity index (χ4n) is 1.49. The van der Waals surface area contributed by atoms with Gasteiger partial charge >= 0.3 is 5.97 Å². The average molecular weight is 273 g/mol. The van der Waals surface area contributed by atoms with Crippen LogP contribution in [-0.4, -0.2) is 27.0 Å². The monoisotopic (exact) mass is 273 g/mol. The maximum Gasteiger partial charge on any atom is 0.354 e. The van der Waals surface area contributed by atoms with E-state index >= 15 is 0 Å². The molecule has 2 aromatic heterocycles. The first-order valence-electron chi connectivity index (χ1n) is 5.71. The van der Waals surface area contributed by atoms with Crippen LogP contribution < -0.4 is 10.9 Å². The Balaban J connectivity index is 1.98. The molecule has 2 aromatic rings.